The van der Waals surface area contributed by atoms with Crippen LogP contribution in [0.2, 0.25) is 0 Å². The first-order chi connectivity index (χ1) is 48.6. The van der Waals surface area contributed by atoms with Crippen molar-refractivity contribution in [1.82, 2.24) is 22.8 Å². The summed E-state index contributed by atoms with van der Waals surface area (Å²) in [5.74, 6) is 0. The number of rotatable bonds is 9. The van der Waals surface area contributed by atoms with E-state index in [0.29, 0.717) is 0 Å². The van der Waals surface area contributed by atoms with Crippen molar-refractivity contribution in [2.45, 2.75) is 0 Å². The zero-order valence-electron chi connectivity index (χ0n) is 53.2. The van der Waals surface area contributed by atoms with Gasteiger partial charge in [-0.25, -0.2) is 0 Å². The fourth-order valence-electron chi connectivity index (χ4n) is 16.6. The molecule has 0 saturated carbocycles. The Morgan fingerprint density at radius 2 is 0.500 bits per heavy atom. The maximum absolute atomic E-state index is 2.52. The Morgan fingerprint density at radius 1 is 0.184 bits per heavy atom. The molecule has 21 aromatic rings. The molecule has 0 N–H and O–H groups in total. The third-order valence-corrected chi connectivity index (χ3v) is 20.8. The molecule has 0 unspecified atom stereocenters. The molecule has 0 radical (unpaired) electrons. The summed E-state index contributed by atoms with van der Waals surface area (Å²) >= 11 is 0. The van der Waals surface area contributed by atoms with Crippen molar-refractivity contribution in [3.8, 4) is 39.6 Å². The van der Waals surface area contributed by atoms with E-state index in [-0.39, 0.29) is 0 Å². The predicted molar refractivity (Wildman–Crippen MR) is 413 cm³/mol. The highest BCUT2D eigenvalue weighted by Crippen LogP contribution is 2.46. The number of nitrogens with zero attached hydrogens (tertiary/aromatic N) is 6. The second kappa shape index (κ2) is 21.2. The van der Waals surface area contributed by atoms with Crippen molar-refractivity contribution < 1.29 is 0 Å². The van der Waals surface area contributed by atoms with Gasteiger partial charge in [0, 0.05) is 98.8 Å². The Morgan fingerprint density at radius 3 is 0.949 bits per heavy atom. The molecule has 0 spiro atoms. The van der Waals surface area contributed by atoms with E-state index in [2.05, 4.69) is 380 Å². The molecular weight excluding hydrogens is 1190 g/mol. The molecule has 6 nitrogen and oxygen atoms in total. The van der Waals surface area contributed by atoms with E-state index in [0.717, 1.165) is 50.8 Å². The van der Waals surface area contributed by atoms with E-state index in [1.807, 2.05) is 0 Å². The van der Waals surface area contributed by atoms with Gasteiger partial charge in [-0.1, -0.05) is 200 Å². The topological polar surface area (TPSA) is 27.9 Å². The van der Waals surface area contributed by atoms with Gasteiger partial charge in [-0.05, 0) is 174 Å². The molecule has 0 saturated heterocycles. The van der Waals surface area contributed by atoms with Crippen LogP contribution in [0, 0.1) is 0 Å². The molecule has 0 aliphatic heterocycles. The largest absolute Gasteiger partial charge is 0.310 e. The molecular formula is C92H58N6. The van der Waals surface area contributed by atoms with Gasteiger partial charge in [0.2, 0.25) is 0 Å². The van der Waals surface area contributed by atoms with Gasteiger partial charge in [0.25, 0.3) is 0 Å². The molecule has 5 aromatic heterocycles. The highest BCUT2D eigenvalue weighted by Gasteiger charge is 2.24. The quantitative estimate of drug-likeness (QED) is 0.142. The maximum Gasteiger partial charge on any atom is 0.0549 e. The number of hydrogen-bond donors (Lipinski definition) is 0. The molecule has 0 bridgehead atoms. The van der Waals surface area contributed by atoms with E-state index in [1.54, 1.807) is 0 Å². The molecule has 0 atom stereocenters. The van der Waals surface area contributed by atoms with Crippen molar-refractivity contribution in [3.05, 3.63) is 352 Å². The van der Waals surface area contributed by atoms with E-state index in [1.165, 1.54) is 136 Å². The first-order valence-corrected chi connectivity index (χ1v) is 33.7. The first-order valence-electron chi connectivity index (χ1n) is 33.7. The van der Waals surface area contributed by atoms with Gasteiger partial charge in [0.05, 0.1) is 66.5 Å². The number of aromatic nitrogens is 5. The predicted octanol–water partition coefficient (Wildman–Crippen LogP) is 24.6. The maximum atomic E-state index is 2.52. The Hall–Kier alpha value is -13.2. The van der Waals surface area contributed by atoms with Gasteiger partial charge in [-0.3, -0.25) is 0 Å². The minimum atomic E-state index is 1.05. The van der Waals surface area contributed by atoms with Gasteiger partial charge in [0.15, 0.2) is 0 Å². The molecule has 5 heterocycles. The van der Waals surface area contributed by atoms with Crippen LogP contribution in [0.1, 0.15) is 0 Å². The number of para-hydroxylation sites is 7. The Balaban J connectivity index is 0.693. The molecule has 0 aliphatic rings. The molecule has 0 amide bonds. The van der Waals surface area contributed by atoms with Crippen LogP contribution < -0.4 is 4.90 Å². The summed E-state index contributed by atoms with van der Waals surface area (Å²) in [4.78, 5) is 2.39. The van der Waals surface area contributed by atoms with Crippen LogP contribution in [0.3, 0.4) is 0 Å². The second-order valence-corrected chi connectivity index (χ2v) is 26.0. The lowest BCUT2D eigenvalue weighted by Gasteiger charge is -2.26. The third kappa shape index (κ3) is 7.97. The average Bonchev–Trinajstić information content (AvgIpc) is 1.56. The average molecular weight is 1250 g/mol. The lowest BCUT2D eigenvalue weighted by atomic mass is 9.96. The summed E-state index contributed by atoms with van der Waals surface area (Å²) < 4.78 is 12.2. The fraction of sp³-hybridized carbons (Fsp3) is 0. The molecule has 21 rings (SSSR count). The van der Waals surface area contributed by atoms with Crippen LogP contribution in [0.5, 0.6) is 0 Å². The van der Waals surface area contributed by atoms with Crippen molar-refractivity contribution in [3.63, 3.8) is 0 Å². The third-order valence-electron chi connectivity index (χ3n) is 20.8. The second-order valence-electron chi connectivity index (χ2n) is 26.0. The van der Waals surface area contributed by atoms with Gasteiger partial charge in [0.1, 0.15) is 0 Å². The van der Waals surface area contributed by atoms with Crippen LogP contribution in [0.4, 0.5) is 17.1 Å². The molecule has 16 aromatic carbocycles. The minimum Gasteiger partial charge on any atom is -0.310 e. The van der Waals surface area contributed by atoms with Crippen molar-refractivity contribution in [2.75, 3.05) is 4.90 Å². The molecule has 98 heavy (non-hydrogen) atoms. The van der Waals surface area contributed by atoms with E-state index >= 15 is 0 Å². The Bertz CT molecular complexity index is 6580. The fourth-order valence-corrected chi connectivity index (χ4v) is 16.6. The van der Waals surface area contributed by atoms with Gasteiger partial charge in [-0.2, -0.15) is 0 Å². The molecule has 0 fully saturated rings. The summed E-state index contributed by atoms with van der Waals surface area (Å²) in [7, 11) is 0. The van der Waals surface area contributed by atoms with Gasteiger partial charge >= 0.3 is 0 Å². The Kier molecular flexibility index (Phi) is 11.7. The number of hydrogen-bond acceptors (Lipinski definition) is 1. The van der Waals surface area contributed by atoms with E-state index < -0.39 is 0 Å². The van der Waals surface area contributed by atoms with Crippen molar-refractivity contribution >= 4 is 148 Å². The lowest BCUT2D eigenvalue weighted by molar-refractivity contribution is 1.16. The van der Waals surface area contributed by atoms with Gasteiger partial charge in [-0.15, -0.1) is 0 Å². The standard InChI is InChI=1S/C92H58N6/c1-2-23-68-59(20-1)21-17-39-80(68)97-85-36-14-7-28-74(85)78-58-91-79(57-90(78)97)75-29-8-15-37-86(75)98(91)88-40-18-22-60-42-43-61(56-77(60)88)69-31-19-41-89-92(69)76-30-9-16-38-87(76)96(89)67-54-48-64(49-55-67)93(62-44-50-65(51-45-62)94-81-32-10-3-24-70(81)71-25-4-11-33-82(71)94)63-46-52-66(53-47-63)95-83-34-12-5-26-72(83)73-27-6-13-35-84(73)95/h1-58H. The minimum absolute atomic E-state index is 1.05. The van der Waals surface area contributed by atoms with E-state index in [4.69, 9.17) is 0 Å². The van der Waals surface area contributed by atoms with E-state index in [9.17, 15) is 0 Å². The lowest BCUT2D eigenvalue weighted by Crippen LogP contribution is -2.10. The number of benzene rings is 16. The van der Waals surface area contributed by atoms with Gasteiger partial charge < -0.3 is 27.7 Å². The molecule has 456 valence electrons. The monoisotopic (exact) mass is 1250 g/mol. The SMILES string of the molecule is c1ccc2c(-n3c4ccccc4c4cc5c(cc43)c3ccccc3n5-c3cccc4ccc(-c5cccc6c5c5ccccc5n6-c5ccc(N(c6ccc(-n7c8ccccc8c8ccccc87)cc6)c6ccc(-n7c8ccccc8c8ccccc87)cc6)cc5)cc34)cccc2c1. The van der Waals surface area contributed by atoms with Crippen LogP contribution in [-0.2, 0) is 0 Å². The highest BCUT2D eigenvalue weighted by atomic mass is 15.1. The van der Waals surface area contributed by atoms with Crippen LogP contribution in [-0.4, -0.2) is 22.8 Å². The van der Waals surface area contributed by atoms with Crippen LogP contribution in [0.15, 0.2) is 352 Å². The summed E-state index contributed by atoms with van der Waals surface area (Å²) in [6.07, 6.45) is 0. The zero-order valence-corrected chi connectivity index (χ0v) is 53.2. The normalized spacial score (nSPS) is 12.1. The smallest absolute Gasteiger partial charge is 0.0549 e. The number of anilines is 3. The Labute approximate surface area is 563 Å². The number of fused-ring (bicyclic) bond motifs is 17. The van der Waals surface area contributed by atoms with Crippen LogP contribution in [0.25, 0.3) is 170 Å². The van der Waals surface area contributed by atoms with Crippen molar-refractivity contribution in [2.24, 2.45) is 0 Å². The van der Waals surface area contributed by atoms with Crippen LogP contribution >= 0.6 is 0 Å². The first kappa shape index (κ1) is 54.3. The summed E-state index contributed by atoms with van der Waals surface area (Å²) in [5, 5.41) is 17.2. The molecule has 0 aliphatic carbocycles. The zero-order chi connectivity index (χ0) is 64.1. The molecule has 6 heteroatoms. The van der Waals surface area contributed by atoms with Crippen molar-refractivity contribution in [1.29, 1.82) is 0 Å². The summed E-state index contributed by atoms with van der Waals surface area (Å²) in [5.41, 5.74) is 23.0. The highest BCUT2D eigenvalue weighted by molar-refractivity contribution is 6.21. The summed E-state index contributed by atoms with van der Waals surface area (Å²) in [6.45, 7) is 0. The summed E-state index contributed by atoms with van der Waals surface area (Å²) in [6, 6.07) is 130.